The second-order valence-corrected chi connectivity index (χ2v) is 2.16. The highest BCUT2D eigenvalue weighted by atomic mass is 79.9. The molecule has 0 saturated heterocycles. The van der Waals surface area contributed by atoms with Gasteiger partial charge in [-0.2, -0.15) is 4.73 Å². The SMILES string of the molecule is N=c1c(Br)nccn1O. The molecule has 0 aliphatic rings. The highest BCUT2D eigenvalue weighted by Gasteiger charge is 1.91. The van der Waals surface area contributed by atoms with Crippen LogP contribution in [0.25, 0.3) is 0 Å². The van der Waals surface area contributed by atoms with E-state index in [1.165, 1.54) is 12.4 Å². The Morgan fingerprint density at radius 2 is 2.44 bits per heavy atom. The molecule has 1 rings (SSSR count). The van der Waals surface area contributed by atoms with Crippen LogP contribution in [0.3, 0.4) is 0 Å². The third-order valence-corrected chi connectivity index (χ3v) is 1.40. The molecule has 0 saturated carbocycles. The van der Waals surface area contributed by atoms with Crippen molar-refractivity contribution in [2.75, 3.05) is 0 Å². The summed E-state index contributed by atoms with van der Waals surface area (Å²) in [5, 5.41) is 15.8. The molecule has 0 amide bonds. The standard InChI is InChI=1S/C4H4BrN3O/c5-3-4(6)8(9)2-1-7-3/h1-2,6,9H. The summed E-state index contributed by atoms with van der Waals surface area (Å²) in [4.78, 5) is 3.69. The summed E-state index contributed by atoms with van der Waals surface area (Å²) >= 11 is 2.97. The molecule has 0 radical (unpaired) electrons. The molecule has 0 aromatic carbocycles. The monoisotopic (exact) mass is 189 g/mol. The predicted molar refractivity (Wildman–Crippen MR) is 33.0 cm³/mol. The summed E-state index contributed by atoms with van der Waals surface area (Å²) in [7, 11) is 0. The number of aromatic nitrogens is 2. The largest absolute Gasteiger partial charge is 0.427 e. The molecule has 0 aliphatic carbocycles. The van der Waals surface area contributed by atoms with Crippen molar-refractivity contribution in [2.45, 2.75) is 0 Å². The van der Waals surface area contributed by atoms with Gasteiger partial charge < -0.3 is 5.21 Å². The highest BCUT2D eigenvalue weighted by Crippen LogP contribution is 1.92. The Hall–Kier alpha value is -0.840. The van der Waals surface area contributed by atoms with Gasteiger partial charge in [-0.15, -0.1) is 0 Å². The van der Waals surface area contributed by atoms with Gasteiger partial charge in [0.25, 0.3) is 0 Å². The fraction of sp³-hybridized carbons (Fsp3) is 0. The minimum atomic E-state index is -0.0579. The van der Waals surface area contributed by atoms with Crippen LogP contribution >= 0.6 is 15.9 Å². The Kier molecular flexibility index (Phi) is 1.52. The molecule has 0 aliphatic heterocycles. The van der Waals surface area contributed by atoms with E-state index in [0.717, 1.165) is 0 Å². The van der Waals surface area contributed by atoms with Crippen LogP contribution in [0, 0.1) is 5.41 Å². The maximum Gasteiger partial charge on any atom is 0.193 e. The van der Waals surface area contributed by atoms with Crippen molar-refractivity contribution in [3.05, 3.63) is 22.5 Å². The molecule has 5 heteroatoms. The van der Waals surface area contributed by atoms with Gasteiger partial charge in [-0.05, 0) is 15.9 Å². The van der Waals surface area contributed by atoms with Crippen LogP contribution in [0.15, 0.2) is 17.0 Å². The Morgan fingerprint density at radius 3 is 2.89 bits per heavy atom. The van der Waals surface area contributed by atoms with E-state index in [-0.39, 0.29) is 5.49 Å². The fourth-order valence-electron chi connectivity index (χ4n) is 0.392. The van der Waals surface area contributed by atoms with E-state index in [1.807, 2.05) is 0 Å². The molecule has 9 heavy (non-hydrogen) atoms. The van der Waals surface area contributed by atoms with Crippen LogP contribution in [-0.4, -0.2) is 14.9 Å². The molecule has 0 fully saturated rings. The molecular formula is C4H4BrN3O. The van der Waals surface area contributed by atoms with Crippen molar-refractivity contribution in [1.82, 2.24) is 9.71 Å². The quantitative estimate of drug-likeness (QED) is 0.580. The van der Waals surface area contributed by atoms with Crippen molar-refractivity contribution in [3.63, 3.8) is 0 Å². The molecule has 1 heterocycles. The van der Waals surface area contributed by atoms with E-state index in [2.05, 4.69) is 20.9 Å². The van der Waals surface area contributed by atoms with Crippen LogP contribution in [0.2, 0.25) is 0 Å². The minimum absolute atomic E-state index is 0.0579. The van der Waals surface area contributed by atoms with Crippen LogP contribution in [0.4, 0.5) is 0 Å². The first kappa shape index (κ1) is 6.28. The summed E-state index contributed by atoms with van der Waals surface area (Å²) in [5.41, 5.74) is -0.0579. The molecule has 1 aromatic heterocycles. The molecule has 0 bridgehead atoms. The summed E-state index contributed by atoms with van der Waals surface area (Å²) in [6, 6.07) is 0. The Balaban J connectivity index is 3.43. The van der Waals surface area contributed by atoms with Gasteiger partial charge in [0.15, 0.2) is 10.1 Å². The lowest BCUT2D eigenvalue weighted by Crippen LogP contribution is -2.18. The van der Waals surface area contributed by atoms with Gasteiger partial charge in [0.1, 0.15) is 0 Å². The topological polar surface area (TPSA) is 61.9 Å². The van der Waals surface area contributed by atoms with Crippen LogP contribution in [-0.2, 0) is 0 Å². The molecule has 48 valence electrons. The minimum Gasteiger partial charge on any atom is -0.427 e. The lowest BCUT2D eigenvalue weighted by molar-refractivity contribution is 0.168. The van der Waals surface area contributed by atoms with Gasteiger partial charge in [0.05, 0.1) is 6.20 Å². The Morgan fingerprint density at radius 1 is 1.78 bits per heavy atom. The number of rotatable bonds is 0. The first-order valence-electron chi connectivity index (χ1n) is 2.19. The molecule has 0 atom stereocenters. The molecule has 0 spiro atoms. The average Bonchev–Trinajstić information content (AvgIpc) is 1.83. The second-order valence-electron chi connectivity index (χ2n) is 1.41. The number of nitrogens with zero attached hydrogens (tertiary/aromatic N) is 2. The smallest absolute Gasteiger partial charge is 0.193 e. The van der Waals surface area contributed by atoms with Crippen molar-refractivity contribution in [3.8, 4) is 0 Å². The summed E-state index contributed by atoms with van der Waals surface area (Å²) in [6.07, 6.45) is 2.68. The van der Waals surface area contributed by atoms with Crippen LogP contribution in [0.5, 0.6) is 0 Å². The maximum absolute atomic E-state index is 8.76. The molecular weight excluding hydrogens is 186 g/mol. The first-order chi connectivity index (χ1) is 4.22. The van der Waals surface area contributed by atoms with Gasteiger partial charge in [0, 0.05) is 6.20 Å². The van der Waals surface area contributed by atoms with E-state index in [1.54, 1.807) is 0 Å². The summed E-state index contributed by atoms with van der Waals surface area (Å²) in [5.74, 6) is 0. The third kappa shape index (κ3) is 1.10. The number of hydrogen-bond donors (Lipinski definition) is 2. The second kappa shape index (κ2) is 2.18. The summed E-state index contributed by atoms with van der Waals surface area (Å²) in [6.45, 7) is 0. The lowest BCUT2D eigenvalue weighted by atomic mass is 10.7. The van der Waals surface area contributed by atoms with E-state index in [9.17, 15) is 0 Å². The Labute approximate surface area is 59.4 Å². The molecule has 0 unspecified atom stereocenters. The maximum atomic E-state index is 8.76. The van der Waals surface area contributed by atoms with Crippen molar-refractivity contribution in [1.29, 1.82) is 5.41 Å². The van der Waals surface area contributed by atoms with Crippen LogP contribution < -0.4 is 5.49 Å². The third-order valence-electron chi connectivity index (χ3n) is 0.820. The van der Waals surface area contributed by atoms with Crippen molar-refractivity contribution < 1.29 is 5.21 Å². The van der Waals surface area contributed by atoms with Gasteiger partial charge in [-0.1, -0.05) is 0 Å². The number of nitrogens with one attached hydrogen (secondary N) is 1. The molecule has 1 aromatic rings. The van der Waals surface area contributed by atoms with Crippen molar-refractivity contribution >= 4 is 15.9 Å². The van der Waals surface area contributed by atoms with E-state index in [4.69, 9.17) is 10.6 Å². The number of halogens is 1. The van der Waals surface area contributed by atoms with E-state index in [0.29, 0.717) is 9.33 Å². The van der Waals surface area contributed by atoms with Gasteiger partial charge >= 0.3 is 0 Å². The van der Waals surface area contributed by atoms with Gasteiger partial charge in [0.2, 0.25) is 0 Å². The number of hydrogen-bond acceptors (Lipinski definition) is 3. The summed E-state index contributed by atoms with van der Waals surface area (Å²) < 4.78 is 1.00. The zero-order chi connectivity index (χ0) is 6.85. The van der Waals surface area contributed by atoms with Crippen LogP contribution in [0.1, 0.15) is 0 Å². The van der Waals surface area contributed by atoms with E-state index >= 15 is 0 Å². The average molecular weight is 190 g/mol. The fourth-order valence-corrected chi connectivity index (χ4v) is 0.692. The molecule has 4 nitrogen and oxygen atoms in total. The first-order valence-corrected chi connectivity index (χ1v) is 2.98. The zero-order valence-electron chi connectivity index (χ0n) is 4.37. The zero-order valence-corrected chi connectivity index (χ0v) is 5.96. The van der Waals surface area contributed by atoms with Crippen molar-refractivity contribution in [2.24, 2.45) is 0 Å². The van der Waals surface area contributed by atoms with Gasteiger partial charge in [-0.25, -0.2) is 4.98 Å². The van der Waals surface area contributed by atoms with Gasteiger partial charge in [-0.3, -0.25) is 5.41 Å². The Bertz CT molecular complexity index is 246. The lowest BCUT2D eigenvalue weighted by Gasteiger charge is -1.94. The van der Waals surface area contributed by atoms with E-state index < -0.39 is 0 Å². The normalized spacial score (nSPS) is 9.44. The highest BCUT2D eigenvalue weighted by molar-refractivity contribution is 9.10. The predicted octanol–water partition coefficient (Wildman–Crippen LogP) is 0.362. The molecule has 2 N–H and O–H groups in total.